The molecule has 3 heteroatoms. The van der Waals surface area contributed by atoms with E-state index < -0.39 is 6.29 Å². The maximum absolute atomic E-state index is 6.15. The fraction of sp³-hybridized carbons (Fsp3) is 0.250. The van der Waals surface area contributed by atoms with Crippen molar-refractivity contribution < 1.29 is 14.2 Å². The first-order chi connectivity index (χ1) is 13.0. The second kappa shape index (κ2) is 8.63. The molecule has 0 aliphatic heterocycles. The van der Waals surface area contributed by atoms with Crippen LogP contribution in [0.3, 0.4) is 0 Å². The van der Waals surface area contributed by atoms with Crippen molar-refractivity contribution >= 4 is 0 Å². The van der Waals surface area contributed by atoms with Crippen molar-refractivity contribution in [1.29, 1.82) is 0 Å². The van der Waals surface area contributed by atoms with Crippen molar-refractivity contribution in [2.45, 2.75) is 40.1 Å². The first-order valence-electron chi connectivity index (χ1n) is 9.23. The molecule has 140 valence electrons. The summed E-state index contributed by atoms with van der Waals surface area (Å²) in [6.45, 7) is 8.13. The Bertz CT molecular complexity index is 787. The zero-order valence-corrected chi connectivity index (χ0v) is 16.3. The van der Waals surface area contributed by atoms with E-state index in [1.807, 2.05) is 86.6 Å². The molecule has 3 aromatic carbocycles. The van der Waals surface area contributed by atoms with Crippen LogP contribution in [0.1, 0.15) is 36.8 Å². The summed E-state index contributed by atoms with van der Waals surface area (Å²) < 4.78 is 18.0. The van der Waals surface area contributed by atoms with E-state index in [0.29, 0.717) is 0 Å². The fourth-order valence-corrected chi connectivity index (χ4v) is 2.62. The first kappa shape index (κ1) is 18.8. The molecule has 0 heterocycles. The molecule has 0 aliphatic carbocycles. The zero-order chi connectivity index (χ0) is 19.2. The smallest absolute Gasteiger partial charge is 0.267 e. The minimum absolute atomic E-state index is 0.138. The lowest BCUT2D eigenvalue weighted by atomic mass is 10.2. The van der Waals surface area contributed by atoms with E-state index in [0.717, 1.165) is 22.8 Å². The van der Waals surface area contributed by atoms with Crippen molar-refractivity contribution in [1.82, 2.24) is 0 Å². The summed E-state index contributed by atoms with van der Waals surface area (Å²) in [5, 5.41) is 0. The highest BCUT2D eigenvalue weighted by Gasteiger charge is 2.16. The van der Waals surface area contributed by atoms with Gasteiger partial charge in [0, 0.05) is 5.56 Å². The average molecular weight is 362 g/mol. The summed E-state index contributed by atoms with van der Waals surface area (Å²) in [4.78, 5) is 0. The van der Waals surface area contributed by atoms with Crippen molar-refractivity contribution in [3.63, 3.8) is 0 Å². The molecule has 0 saturated carbocycles. The highest BCUT2D eigenvalue weighted by Crippen LogP contribution is 2.28. The molecule has 0 aromatic heterocycles. The Morgan fingerprint density at radius 3 is 1.30 bits per heavy atom. The second-order valence-corrected chi connectivity index (χ2v) is 6.93. The van der Waals surface area contributed by atoms with E-state index in [4.69, 9.17) is 14.2 Å². The molecule has 3 aromatic rings. The second-order valence-electron chi connectivity index (χ2n) is 6.93. The molecule has 0 atom stereocenters. The maximum atomic E-state index is 6.15. The van der Waals surface area contributed by atoms with Crippen LogP contribution in [0.5, 0.6) is 17.2 Å². The number of aryl methyl sites for hydroxylation is 2. The standard InChI is InChI=1S/C24H26O3/c1-17(2)25-21-15-9-20(10-16-21)24(26-22-11-5-18(3)6-12-22)27-23-13-7-19(4)8-14-23/h5-17,24H,1-4H3. The van der Waals surface area contributed by atoms with Gasteiger partial charge in [-0.1, -0.05) is 35.4 Å². The minimum atomic E-state index is -0.552. The predicted octanol–water partition coefficient (Wildman–Crippen LogP) is 6.25. The summed E-state index contributed by atoms with van der Waals surface area (Å²) in [6.07, 6.45) is -0.414. The van der Waals surface area contributed by atoms with E-state index in [1.54, 1.807) is 0 Å². The molecule has 3 rings (SSSR count). The normalized spacial score (nSPS) is 10.9. The Morgan fingerprint density at radius 2 is 0.889 bits per heavy atom. The third-order valence-electron chi connectivity index (χ3n) is 4.05. The van der Waals surface area contributed by atoms with E-state index in [-0.39, 0.29) is 6.10 Å². The van der Waals surface area contributed by atoms with E-state index in [9.17, 15) is 0 Å². The Labute approximate surface area is 161 Å². The number of rotatable bonds is 7. The van der Waals surface area contributed by atoms with Gasteiger partial charge in [0.1, 0.15) is 17.2 Å². The fourth-order valence-electron chi connectivity index (χ4n) is 2.62. The van der Waals surface area contributed by atoms with Gasteiger partial charge >= 0.3 is 0 Å². The largest absolute Gasteiger partial charge is 0.491 e. The molecule has 0 fully saturated rings. The van der Waals surface area contributed by atoms with Crippen molar-refractivity contribution in [3.8, 4) is 17.2 Å². The number of ether oxygens (including phenoxy) is 3. The quantitative estimate of drug-likeness (QED) is 0.465. The van der Waals surface area contributed by atoms with Gasteiger partial charge in [-0.25, -0.2) is 0 Å². The Hall–Kier alpha value is -2.94. The summed E-state index contributed by atoms with van der Waals surface area (Å²) in [5.74, 6) is 2.36. The molecule has 0 N–H and O–H groups in total. The van der Waals surface area contributed by atoms with E-state index >= 15 is 0 Å². The van der Waals surface area contributed by atoms with Gasteiger partial charge in [0.25, 0.3) is 6.29 Å². The molecule has 0 spiro atoms. The summed E-state index contributed by atoms with van der Waals surface area (Å²) in [7, 11) is 0. The van der Waals surface area contributed by atoms with Gasteiger partial charge in [0.15, 0.2) is 0 Å². The van der Waals surface area contributed by atoms with Crippen LogP contribution in [0.25, 0.3) is 0 Å². The van der Waals surface area contributed by atoms with Crippen molar-refractivity contribution in [2.75, 3.05) is 0 Å². The van der Waals surface area contributed by atoms with E-state index in [2.05, 4.69) is 13.8 Å². The van der Waals surface area contributed by atoms with Gasteiger partial charge in [-0.3, -0.25) is 0 Å². The highest BCUT2D eigenvalue weighted by atomic mass is 16.7. The maximum Gasteiger partial charge on any atom is 0.267 e. The highest BCUT2D eigenvalue weighted by molar-refractivity contribution is 5.32. The summed E-state index contributed by atoms with van der Waals surface area (Å²) in [6, 6.07) is 23.8. The van der Waals surface area contributed by atoms with E-state index in [1.165, 1.54) is 11.1 Å². The molecule has 0 aliphatic rings. The van der Waals surface area contributed by atoms with Gasteiger partial charge in [-0.2, -0.15) is 0 Å². The average Bonchev–Trinajstić information content (AvgIpc) is 2.65. The van der Waals surface area contributed by atoms with Crippen LogP contribution in [-0.2, 0) is 0 Å². The SMILES string of the molecule is Cc1ccc(OC(Oc2ccc(C)cc2)c2ccc(OC(C)C)cc2)cc1. The Kier molecular flexibility index (Phi) is 6.02. The van der Waals surface area contributed by atoms with Crippen molar-refractivity contribution in [3.05, 3.63) is 89.5 Å². The number of benzene rings is 3. The summed E-state index contributed by atoms with van der Waals surface area (Å²) in [5.41, 5.74) is 3.30. The molecule has 0 unspecified atom stereocenters. The third-order valence-corrected chi connectivity index (χ3v) is 4.05. The van der Waals surface area contributed by atoms with Crippen LogP contribution >= 0.6 is 0 Å². The molecule has 0 bridgehead atoms. The Balaban J connectivity index is 1.83. The van der Waals surface area contributed by atoms with Gasteiger partial charge in [-0.15, -0.1) is 0 Å². The van der Waals surface area contributed by atoms with Crippen LogP contribution < -0.4 is 14.2 Å². The van der Waals surface area contributed by atoms with Crippen LogP contribution in [0.15, 0.2) is 72.8 Å². The van der Waals surface area contributed by atoms with Crippen LogP contribution in [0.4, 0.5) is 0 Å². The van der Waals surface area contributed by atoms with Gasteiger partial charge in [-0.05, 0) is 76.2 Å². The number of hydrogen-bond donors (Lipinski definition) is 0. The summed E-state index contributed by atoms with van der Waals surface area (Å²) >= 11 is 0. The molecule has 0 amide bonds. The van der Waals surface area contributed by atoms with Gasteiger partial charge in [0.2, 0.25) is 0 Å². The van der Waals surface area contributed by atoms with Crippen LogP contribution in [-0.4, -0.2) is 6.10 Å². The molecular weight excluding hydrogens is 336 g/mol. The third kappa shape index (κ3) is 5.52. The molecule has 3 nitrogen and oxygen atoms in total. The monoisotopic (exact) mass is 362 g/mol. The number of hydrogen-bond acceptors (Lipinski definition) is 3. The predicted molar refractivity (Wildman–Crippen MR) is 109 cm³/mol. The molecule has 0 saturated heterocycles. The lowest BCUT2D eigenvalue weighted by Crippen LogP contribution is -2.15. The topological polar surface area (TPSA) is 27.7 Å². The van der Waals surface area contributed by atoms with Crippen LogP contribution in [0.2, 0.25) is 0 Å². The lowest BCUT2D eigenvalue weighted by molar-refractivity contribution is 0.00376. The molecule has 27 heavy (non-hydrogen) atoms. The van der Waals surface area contributed by atoms with Crippen molar-refractivity contribution in [2.24, 2.45) is 0 Å². The lowest BCUT2D eigenvalue weighted by Gasteiger charge is -2.21. The van der Waals surface area contributed by atoms with Gasteiger partial charge in [0.05, 0.1) is 6.10 Å². The van der Waals surface area contributed by atoms with Gasteiger partial charge < -0.3 is 14.2 Å². The van der Waals surface area contributed by atoms with Crippen LogP contribution in [0, 0.1) is 13.8 Å². The molecular formula is C24H26O3. The first-order valence-corrected chi connectivity index (χ1v) is 9.23. The minimum Gasteiger partial charge on any atom is -0.491 e. The Morgan fingerprint density at radius 1 is 0.519 bits per heavy atom. The molecule has 0 radical (unpaired) electrons. The zero-order valence-electron chi connectivity index (χ0n) is 16.3.